The summed E-state index contributed by atoms with van der Waals surface area (Å²) in [4.78, 5) is 3.51. The van der Waals surface area contributed by atoms with E-state index in [1.807, 2.05) is 55.5 Å². The predicted molar refractivity (Wildman–Crippen MR) is 166 cm³/mol. The van der Waals surface area contributed by atoms with Gasteiger partial charge in [0.15, 0.2) is 11.5 Å². The Morgan fingerprint density at radius 1 is 0.875 bits per heavy atom. The topological polar surface area (TPSA) is 65.1 Å². The smallest absolute Gasteiger partial charge is 0.309 e. The second-order valence-corrected chi connectivity index (χ2v) is 12.6. The van der Waals surface area contributed by atoms with Crippen molar-refractivity contribution in [1.29, 1.82) is 0 Å². The fourth-order valence-electron chi connectivity index (χ4n) is 4.64. The third-order valence-corrected chi connectivity index (χ3v) is 9.18. The van der Waals surface area contributed by atoms with E-state index in [1.54, 1.807) is 17.4 Å². The van der Waals surface area contributed by atoms with Crippen molar-refractivity contribution < 1.29 is 22.1 Å². The summed E-state index contributed by atoms with van der Waals surface area (Å²) >= 11 is 1.68. The van der Waals surface area contributed by atoms with Crippen LogP contribution in [-0.2, 0) is 10.1 Å². The van der Waals surface area contributed by atoms with Gasteiger partial charge in [-0.15, -0.1) is 23.7 Å². The van der Waals surface area contributed by atoms with Gasteiger partial charge in [-0.25, -0.2) is 0 Å². The minimum Gasteiger partial charge on any atom is -0.492 e. The molecule has 0 amide bonds. The van der Waals surface area contributed by atoms with Crippen LogP contribution in [0.3, 0.4) is 0 Å². The van der Waals surface area contributed by atoms with E-state index >= 15 is 0 Å². The highest BCUT2D eigenvalue weighted by atomic mass is 35.5. The average Bonchev–Trinajstić information content (AvgIpc) is 3.39. The summed E-state index contributed by atoms with van der Waals surface area (Å²) in [6.45, 7) is 5.82. The molecule has 0 spiro atoms. The molecular formula is C31H36ClNO5S2. The standard InChI is InChI=1S/C31H35NO5S2.ClH/c1-2-3-21-39(33,34)37-28-16-11-25(31-23-24-9-5-6-10-30(24)38-31)22-29(28)36-27-14-12-26(13-15-27)35-20-19-32-17-7-4-8-18-32;/h5-6,9-16,22-23H,2-4,7-8,17-21H2,1H3;1H. The quantitative estimate of drug-likeness (QED) is 0.153. The molecule has 214 valence electrons. The van der Waals surface area contributed by atoms with Crippen LogP contribution in [0, 0.1) is 0 Å². The van der Waals surface area contributed by atoms with Crippen LogP contribution >= 0.6 is 23.7 Å². The lowest BCUT2D eigenvalue weighted by Crippen LogP contribution is -2.33. The molecule has 4 aromatic rings. The Hall–Kier alpha value is -2.78. The molecule has 2 heterocycles. The lowest BCUT2D eigenvalue weighted by Gasteiger charge is -2.26. The number of rotatable bonds is 12. The van der Waals surface area contributed by atoms with E-state index in [9.17, 15) is 8.42 Å². The van der Waals surface area contributed by atoms with Crippen LogP contribution in [0.5, 0.6) is 23.0 Å². The lowest BCUT2D eigenvalue weighted by atomic mass is 10.1. The molecule has 1 aliphatic rings. The summed E-state index contributed by atoms with van der Waals surface area (Å²) in [5, 5.41) is 1.17. The molecule has 0 N–H and O–H groups in total. The molecule has 3 aromatic carbocycles. The van der Waals surface area contributed by atoms with Crippen molar-refractivity contribution in [2.45, 2.75) is 39.0 Å². The first-order valence-electron chi connectivity index (χ1n) is 13.7. The maximum Gasteiger partial charge on any atom is 0.309 e. The fraction of sp³-hybridized carbons (Fsp3) is 0.355. The first-order valence-corrected chi connectivity index (χ1v) is 16.1. The maximum absolute atomic E-state index is 12.6. The van der Waals surface area contributed by atoms with Crippen LogP contribution in [0.2, 0.25) is 0 Å². The van der Waals surface area contributed by atoms with Gasteiger partial charge in [0.1, 0.15) is 18.1 Å². The molecule has 0 saturated carbocycles. The Morgan fingerprint density at radius 3 is 2.38 bits per heavy atom. The Morgan fingerprint density at radius 2 is 1.62 bits per heavy atom. The minimum absolute atomic E-state index is 0. The molecule has 1 saturated heterocycles. The minimum atomic E-state index is -3.74. The zero-order valence-electron chi connectivity index (χ0n) is 22.7. The van der Waals surface area contributed by atoms with Gasteiger partial charge in [-0.05, 0) is 97.9 Å². The van der Waals surface area contributed by atoms with Crippen LogP contribution in [0.4, 0.5) is 0 Å². The maximum atomic E-state index is 12.6. The highest BCUT2D eigenvalue weighted by Crippen LogP contribution is 2.40. The van der Waals surface area contributed by atoms with Crippen molar-refractivity contribution in [1.82, 2.24) is 4.90 Å². The SMILES string of the molecule is CCCCS(=O)(=O)Oc1ccc(-c2cc3ccccc3s2)cc1Oc1ccc(OCCN2CCCCC2)cc1.Cl. The number of likely N-dealkylation sites (tertiary alicyclic amines) is 1. The van der Waals surface area contributed by atoms with Crippen LogP contribution in [0.1, 0.15) is 39.0 Å². The van der Waals surface area contributed by atoms with Gasteiger partial charge in [-0.3, -0.25) is 4.90 Å². The molecule has 0 bridgehead atoms. The van der Waals surface area contributed by atoms with Gasteiger partial charge in [-0.2, -0.15) is 8.42 Å². The van der Waals surface area contributed by atoms with Crippen molar-refractivity contribution in [3.8, 4) is 33.4 Å². The number of ether oxygens (including phenoxy) is 2. The fourth-order valence-corrected chi connectivity index (χ4v) is 6.84. The van der Waals surface area contributed by atoms with Gasteiger partial charge in [0.05, 0.1) is 5.75 Å². The van der Waals surface area contributed by atoms with Crippen molar-refractivity contribution >= 4 is 43.9 Å². The first kappa shape index (κ1) is 30.2. The lowest BCUT2D eigenvalue weighted by molar-refractivity contribution is 0.183. The van der Waals surface area contributed by atoms with E-state index in [4.69, 9.17) is 13.7 Å². The number of piperidine rings is 1. The molecule has 0 aliphatic carbocycles. The van der Waals surface area contributed by atoms with E-state index in [-0.39, 0.29) is 23.9 Å². The van der Waals surface area contributed by atoms with E-state index in [0.29, 0.717) is 24.5 Å². The number of halogens is 1. The Balaban J connectivity index is 0.00000370. The highest BCUT2D eigenvalue weighted by Gasteiger charge is 2.18. The van der Waals surface area contributed by atoms with Crippen molar-refractivity contribution in [2.75, 3.05) is 32.0 Å². The number of nitrogens with zero attached hydrogens (tertiary/aromatic N) is 1. The Kier molecular flexibility index (Phi) is 10.7. The van der Waals surface area contributed by atoms with Crippen molar-refractivity contribution in [3.05, 3.63) is 72.8 Å². The van der Waals surface area contributed by atoms with Gasteiger partial charge in [0.2, 0.25) is 0 Å². The monoisotopic (exact) mass is 601 g/mol. The van der Waals surface area contributed by atoms with Crippen molar-refractivity contribution in [2.24, 2.45) is 0 Å². The van der Waals surface area contributed by atoms with E-state index in [2.05, 4.69) is 23.1 Å². The van der Waals surface area contributed by atoms with E-state index in [1.165, 1.54) is 29.3 Å². The number of hydrogen-bond acceptors (Lipinski definition) is 7. The molecule has 5 rings (SSSR count). The van der Waals surface area contributed by atoms with Crippen LogP contribution in [-0.4, -0.2) is 45.3 Å². The largest absolute Gasteiger partial charge is 0.492 e. The number of thiophene rings is 1. The second-order valence-electron chi connectivity index (χ2n) is 9.83. The molecule has 0 radical (unpaired) electrons. The molecule has 0 unspecified atom stereocenters. The molecule has 40 heavy (non-hydrogen) atoms. The molecule has 1 aromatic heterocycles. The third-order valence-electron chi connectivity index (χ3n) is 6.79. The van der Waals surface area contributed by atoms with Gasteiger partial charge >= 0.3 is 10.1 Å². The summed E-state index contributed by atoms with van der Waals surface area (Å²) in [5.41, 5.74) is 0.933. The van der Waals surface area contributed by atoms with Crippen LogP contribution in [0.15, 0.2) is 72.8 Å². The van der Waals surface area contributed by atoms with Gasteiger partial charge in [0.25, 0.3) is 0 Å². The van der Waals surface area contributed by atoms with E-state index in [0.717, 1.165) is 42.2 Å². The predicted octanol–water partition coefficient (Wildman–Crippen LogP) is 8.16. The summed E-state index contributed by atoms with van der Waals surface area (Å²) in [6.07, 6.45) is 5.16. The highest BCUT2D eigenvalue weighted by molar-refractivity contribution is 7.87. The third kappa shape index (κ3) is 8.13. The molecule has 1 fully saturated rings. The van der Waals surface area contributed by atoms with Crippen molar-refractivity contribution in [3.63, 3.8) is 0 Å². The molecule has 9 heteroatoms. The van der Waals surface area contributed by atoms with Gasteiger partial charge in [-0.1, -0.05) is 38.0 Å². The van der Waals surface area contributed by atoms with E-state index < -0.39 is 10.1 Å². The molecule has 0 atom stereocenters. The zero-order chi connectivity index (χ0) is 27.1. The molecule has 1 aliphatic heterocycles. The summed E-state index contributed by atoms with van der Waals surface area (Å²) < 4.78 is 44.0. The van der Waals surface area contributed by atoms with Crippen LogP contribution < -0.4 is 13.7 Å². The normalized spacial score (nSPS) is 14.0. The van der Waals surface area contributed by atoms with Gasteiger partial charge in [0, 0.05) is 16.1 Å². The number of fused-ring (bicyclic) bond motifs is 1. The second kappa shape index (κ2) is 14.2. The Labute approximate surface area is 247 Å². The number of hydrogen-bond donors (Lipinski definition) is 0. The molecule has 6 nitrogen and oxygen atoms in total. The summed E-state index contributed by atoms with van der Waals surface area (Å²) in [5.74, 6) is 1.84. The first-order chi connectivity index (χ1) is 19.0. The van der Waals surface area contributed by atoms with Crippen LogP contribution in [0.25, 0.3) is 20.5 Å². The zero-order valence-corrected chi connectivity index (χ0v) is 25.2. The Bertz CT molecular complexity index is 1450. The average molecular weight is 602 g/mol. The summed E-state index contributed by atoms with van der Waals surface area (Å²) in [7, 11) is -3.74. The number of benzene rings is 3. The molecular weight excluding hydrogens is 566 g/mol. The van der Waals surface area contributed by atoms with Gasteiger partial charge < -0.3 is 13.7 Å². The summed E-state index contributed by atoms with van der Waals surface area (Å²) in [6, 6.07) is 23.2. The number of unbranched alkanes of at least 4 members (excludes halogenated alkanes) is 1.